The molecule has 0 spiro atoms. The summed E-state index contributed by atoms with van der Waals surface area (Å²) >= 11 is 0. The number of nitrogens with one attached hydrogen (secondary N) is 1. The Labute approximate surface area is 165 Å². The van der Waals surface area contributed by atoms with Crippen molar-refractivity contribution in [1.82, 2.24) is 4.57 Å². The molecule has 0 fully saturated rings. The van der Waals surface area contributed by atoms with Gasteiger partial charge in [0.1, 0.15) is 0 Å². The average molecular weight is 388 g/mol. The van der Waals surface area contributed by atoms with Crippen LogP contribution in [0.2, 0.25) is 0 Å². The van der Waals surface area contributed by atoms with Gasteiger partial charge in [0.15, 0.2) is 18.1 Å². The molecule has 0 aliphatic heterocycles. The van der Waals surface area contributed by atoms with Gasteiger partial charge in [-0.3, -0.25) is 4.79 Å². The fourth-order valence-electron chi connectivity index (χ4n) is 3.03. The lowest BCUT2D eigenvalue weighted by molar-refractivity contribution is -0.119. The molecule has 2 rings (SSSR count). The minimum atomic E-state index is -0.510. The molecule has 0 saturated heterocycles. The number of esters is 1. The van der Waals surface area contributed by atoms with Crippen LogP contribution in [0.5, 0.6) is 11.5 Å². The average Bonchev–Trinajstić information content (AvgIpc) is 2.96. The van der Waals surface area contributed by atoms with E-state index in [1.165, 1.54) is 0 Å². The van der Waals surface area contributed by atoms with Crippen LogP contribution in [0.3, 0.4) is 0 Å². The van der Waals surface area contributed by atoms with E-state index in [1.54, 1.807) is 24.3 Å². The summed E-state index contributed by atoms with van der Waals surface area (Å²) in [4.78, 5) is 24.5. The van der Waals surface area contributed by atoms with E-state index in [0.29, 0.717) is 36.0 Å². The number of hydrogen-bond acceptors (Lipinski definition) is 5. The van der Waals surface area contributed by atoms with Crippen molar-refractivity contribution in [3.63, 3.8) is 0 Å². The van der Waals surface area contributed by atoms with Crippen LogP contribution in [-0.2, 0) is 16.1 Å². The SMILES string of the molecule is CCOc1ccc(NC(=O)COC(=O)c2cc(C)n(CC)c2C)cc1OCC. The predicted molar refractivity (Wildman–Crippen MR) is 107 cm³/mol. The molecular weight excluding hydrogens is 360 g/mol. The Hall–Kier alpha value is -2.96. The molecule has 1 aromatic carbocycles. The summed E-state index contributed by atoms with van der Waals surface area (Å²) in [7, 11) is 0. The van der Waals surface area contributed by atoms with Crippen molar-refractivity contribution in [2.24, 2.45) is 0 Å². The van der Waals surface area contributed by atoms with Crippen LogP contribution in [-0.4, -0.2) is 36.3 Å². The van der Waals surface area contributed by atoms with Crippen molar-refractivity contribution >= 4 is 17.6 Å². The van der Waals surface area contributed by atoms with Crippen molar-refractivity contribution in [3.05, 3.63) is 41.2 Å². The Balaban J connectivity index is 1.99. The van der Waals surface area contributed by atoms with Crippen LogP contribution in [0.4, 0.5) is 5.69 Å². The second-order valence-corrected chi connectivity index (χ2v) is 6.18. The largest absolute Gasteiger partial charge is 0.490 e. The van der Waals surface area contributed by atoms with Gasteiger partial charge in [-0.2, -0.15) is 0 Å². The lowest BCUT2D eigenvalue weighted by Crippen LogP contribution is -2.21. The number of carbonyl (C=O) groups is 2. The molecule has 1 aromatic heterocycles. The number of nitrogens with zero attached hydrogens (tertiary/aromatic N) is 1. The van der Waals surface area contributed by atoms with E-state index in [-0.39, 0.29) is 6.61 Å². The summed E-state index contributed by atoms with van der Waals surface area (Å²) in [5.41, 5.74) is 2.83. The zero-order valence-electron chi connectivity index (χ0n) is 17.1. The topological polar surface area (TPSA) is 78.8 Å². The van der Waals surface area contributed by atoms with Gasteiger partial charge in [-0.05, 0) is 52.8 Å². The normalized spacial score (nSPS) is 10.5. The highest BCUT2D eigenvalue weighted by Gasteiger charge is 2.17. The molecule has 0 radical (unpaired) electrons. The third-order valence-electron chi connectivity index (χ3n) is 4.27. The Bertz CT molecular complexity index is 842. The van der Waals surface area contributed by atoms with Gasteiger partial charge in [0.05, 0.1) is 18.8 Å². The molecule has 28 heavy (non-hydrogen) atoms. The third kappa shape index (κ3) is 5.06. The molecule has 1 amide bonds. The minimum Gasteiger partial charge on any atom is -0.490 e. The molecular formula is C21H28N2O5. The van der Waals surface area contributed by atoms with E-state index in [4.69, 9.17) is 14.2 Å². The number of amides is 1. The maximum Gasteiger partial charge on any atom is 0.340 e. The number of aromatic nitrogens is 1. The van der Waals surface area contributed by atoms with Crippen LogP contribution in [0.25, 0.3) is 0 Å². The number of hydrogen-bond donors (Lipinski definition) is 1. The molecule has 0 saturated carbocycles. The van der Waals surface area contributed by atoms with E-state index >= 15 is 0 Å². The van der Waals surface area contributed by atoms with Gasteiger partial charge in [0.2, 0.25) is 0 Å². The quantitative estimate of drug-likeness (QED) is 0.663. The Morgan fingerprint density at radius 3 is 2.29 bits per heavy atom. The highest BCUT2D eigenvalue weighted by atomic mass is 16.5. The number of anilines is 1. The number of aryl methyl sites for hydroxylation is 1. The standard InChI is InChI=1S/C21H28N2O5/c1-6-23-14(4)11-17(15(23)5)21(25)28-13-20(24)22-16-9-10-18(26-7-2)19(12-16)27-8-3/h9-12H,6-8,13H2,1-5H3,(H,22,24). The highest BCUT2D eigenvalue weighted by molar-refractivity contribution is 5.96. The van der Waals surface area contributed by atoms with Crippen molar-refractivity contribution in [3.8, 4) is 11.5 Å². The van der Waals surface area contributed by atoms with Crippen LogP contribution >= 0.6 is 0 Å². The molecule has 0 aliphatic carbocycles. The molecule has 2 aromatic rings. The first-order valence-corrected chi connectivity index (χ1v) is 9.44. The zero-order chi connectivity index (χ0) is 20.7. The van der Waals surface area contributed by atoms with E-state index in [0.717, 1.165) is 17.9 Å². The lowest BCUT2D eigenvalue weighted by atomic mass is 10.2. The van der Waals surface area contributed by atoms with Gasteiger partial charge < -0.3 is 24.1 Å². The van der Waals surface area contributed by atoms with Crippen molar-refractivity contribution in [2.45, 2.75) is 41.2 Å². The Morgan fingerprint density at radius 2 is 1.68 bits per heavy atom. The summed E-state index contributed by atoms with van der Waals surface area (Å²) in [5.74, 6) is 0.222. The molecule has 1 heterocycles. The number of benzene rings is 1. The third-order valence-corrected chi connectivity index (χ3v) is 4.27. The maximum atomic E-state index is 12.3. The predicted octanol–water partition coefficient (Wildman–Crippen LogP) is 3.72. The van der Waals surface area contributed by atoms with Crippen molar-refractivity contribution in [1.29, 1.82) is 0 Å². The molecule has 0 unspecified atom stereocenters. The first kappa shape index (κ1) is 21.3. The molecule has 152 valence electrons. The van der Waals surface area contributed by atoms with Gasteiger partial charge in [0.25, 0.3) is 5.91 Å². The lowest BCUT2D eigenvalue weighted by Gasteiger charge is -2.13. The van der Waals surface area contributed by atoms with E-state index in [9.17, 15) is 9.59 Å². The van der Waals surface area contributed by atoms with E-state index < -0.39 is 11.9 Å². The zero-order valence-corrected chi connectivity index (χ0v) is 17.1. The molecule has 7 nitrogen and oxygen atoms in total. The Kier molecular flexibility index (Phi) is 7.49. The monoisotopic (exact) mass is 388 g/mol. The van der Waals surface area contributed by atoms with Crippen molar-refractivity contribution in [2.75, 3.05) is 25.1 Å². The van der Waals surface area contributed by atoms with Gasteiger partial charge in [0, 0.05) is 29.7 Å². The van der Waals surface area contributed by atoms with Crippen molar-refractivity contribution < 1.29 is 23.8 Å². The highest BCUT2D eigenvalue weighted by Crippen LogP contribution is 2.30. The molecule has 0 bridgehead atoms. The summed E-state index contributed by atoms with van der Waals surface area (Å²) in [6.45, 7) is 11.0. The molecule has 7 heteroatoms. The fourth-order valence-corrected chi connectivity index (χ4v) is 3.03. The van der Waals surface area contributed by atoms with Gasteiger partial charge in [-0.1, -0.05) is 0 Å². The Morgan fingerprint density at radius 1 is 1.00 bits per heavy atom. The number of carbonyl (C=O) groups excluding carboxylic acids is 2. The van der Waals surface area contributed by atoms with Crippen LogP contribution < -0.4 is 14.8 Å². The van der Waals surface area contributed by atoms with E-state index in [2.05, 4.69) is 5.32 Å². The second kappa shape index (κ2) is 9.82. The minimum absolute atomic E-state index is 0.369. The second-order valence-electron chi connectivity index (χ2n) is 6.18. The molecule has 1 N–H and O–H groups in total. The van der Waals surface area contributed by atoms with Gasteiger partial charge >= 0.3 is 5.97 Å². The molecule has 0 atom stereocenters. The van der Waals surface area contributed by atoms with Crippen LogP contribution in [0, 0.1) is 13.8 Å². The first-order valence-electron chi connectivity index (χ1n) is 9.44. The van der Waals surface area contributed by atoms with Crippen LogP contribution in [0.15, 0.2) is 24.3 Å². The summed E-state index contributed by atoms with van der Waals surface area (Å²) in [5, 5.41) is 2.70. The maximum absolute atomic E-state index is 12.3. The smallest absolute Gasteiger partial charge is 0.340 e. The summed E-state index contributed by atoms with van der Waals surface area (Å²) < 4.78 is 18.2. The van der Waals surface area contributed by atoms with Crippen LogP contribution in [0.1, 0.15) is 42.5 Å². The first-order chi connectivity index (χ1) is 13.4. The fraction of sp³-hybridized carbons (Fsp3) is 0.429. The number of rotatable bonds is 9. The summed E-state index contributed by atoms with van der Waals surface area (Å²) in [6.07, 6.45) is 0. The number of ether oxygens (including phenoxy) is 3. The van der Waals surface area contributed by atoms with Gasteiger partial charge in [-0.15, -0.1) is 0 Å². The summed E-state index contributed by atoms with van der Waals surface area (Å²) in [6, 6.07) is 6.90. The molecule has 0 aliphatic rings. The van der Waals surface area contributed by atoms with E-state index in [1.807, 2.05) is 39.2 Å². The van der Waals surface area contributed by atoms with Gasteiger partial charge in [-0.25, -0.2) is 4.79 Å².